The van der Waals surface area contributed by atoms with Crippen molar-refractivity contribution in [3.8, 4) is 0 Å². The number of anilines is 1. The Hall–Kier alpha value is -2.29. The molecule has 1 N–H and O–H groups in total. The second-order valence-corrected chi connectivity index (χ2v) is 13.2. The fraction of sp³-hybridized carbons (Fsp3) is 0.481. The normalized spacial score (nSPS) is 12.8. The molecule has 0 aliphatic rings. The Bertz CT molecular complexity index is 1210. The molecule has 2 aromatic carbocycles. The smallest absolute Gasteiger partial charge is 0.244 e. The molecule has 2 amide bonds. The summed E-state index contributed by atoms with van der Waals surface area (Å²) in [6.07, 6.45) is 1.39. The largest absolute Gasteiger partial charge is 0.350 e. The predicted octanol–water partition coefficient (Wildman–Crippen LogP) is 5.60. The van der Waals surface area contributed by atoms with E-state index in [4.69, 9.17) is 23.2 Å². The number of nitrogens with one attached hydrogen (secondary N) is 1. The molecular weight excluding hydrogens is 533 g/mol. The topological polar surface area (TPSA) is 86.8 Å². The maximum Gasteiger partial charge on any atom is 0.244 e. The number of amides is 2. The van der Waals surface area contributed by atoms with Gasteiger partial charge in [-0.1, -0.05) is 62.2 Å². The summed E-state index contributed by atoms with van der Waals surface area (Å²) in [6.45, 7) is 11.1. The molecule has 0 spiro atoms. The van der Waals surface area contributed by atoms with E-state index in [1.807, 2.05) is 46.8 Å². The summed E-state index contributed by atoms with van der Waals surface area (Å²) >= 11 is 12.3. The zero-order valence-corrected chi connectivity index (χ0v) is 24.8. The maximum absolute atomic E-state index is 13.8. The predicted molar refractivity (Wildman–Crippen MR) is 152 cm³/mol. The number of halogens is 2. The van der Waals surface area contributed by atoms with Crippen LogP contribution in [0.15, 0.2) is 42.5 Å². The van der Waals surface area contributed by atoms with E-state index < -0.39 is 34.1 Å². The van der Waals surface area contributed by atoms with Gasteiger partial charge in [0, 0.05) is 12.1 Å². The third-order valence-corrected chi connectivity index (χ3v) is 7.63. The minimum absolute atomic E-state index is 0.0513. The highest BCUT2D eigenvalue weighted by Gasteiger charge is 2.33. The fourth-order valence-corrected chi connectivity index (χ4v) is 5.02. The number of rotatable bonds is 10. The molecule has 37 heavy (non-hydrogen) atoms. The van der Waals surface area contributed by atoms with E-state index in [0.717, 1.165) is 16.1 Å². The molecule has 2 aromatic rings. The standard InChI is InChI=1S/C27H37Cl2N3O4S/c1-8-24(26(34)30-27(4,5)6)31(16-19-9-14-22(28)23(29)15-19)25(33)17-32(37(7,35)36)21-12-10-20(11-13-21)18(2)3/h9-15,18,24H,8,16-17H2,1-7H3,(H,30,34). The summed E-state index contributed by atoms with van der Waals surface area (Å²) in [5, 5.41) is 3.62. The van der Waals surface area contributed by atoms with Crippen LogP contribution in [0.2, 0.25) is 10.0 Å². The number of nitrogens with zero attached hydrogens (tertiary/aromatic N) is 2. The van der Waals surface area contributed by atoms with Crippen LogP contribution < -0.4 is 9.62 Å². The molecule has 0 saturated heterocycles. The molecule has 0 radical (unpaired) electrons. The first-order valence-corrected chi connectivity index (χ1v) is 14.8. The molecule has 10 heteroatoms. The van der Waals surface area contributed by atoms with Crippen molar-refractivity contribution in [3.05, 3.63) is 63.6 Å². The van der Waals surface area contributed by atoms with Crippen LogP contribution in [-0.4, -0.2) is 49.5 Å². The van der Waals surface area contributed by atoms with Crippen LogP contribution in [0, 0.1) is 0 Å². The fourth-order valence-electron chi connectivity index (χ4n) is 3.85. The van der Waals surface area contributed by atoms with Crippen LogP contribution in [0.5, 0.6) is 0 Å². The SMILES string of the molecule is CCC(C(=O)NC(C)(C)C)N(Cc1ccc(Cl)c(Cl)c1)C(=O)CN(c1ccc(C(C)C)cc1)S(C)(=O)=O. The number of hydrogen-bond acceptors (Lipinski definition) is 4. The monoisotopic (exact) mass is 569 g/mol. The zero-order valence-electron chi connectivity index (χ0n) is 22.5. The highest BCUT2D eigenvalue weighted by atomic mass is 35.5. The second-order valence-electron chi connectivity index (χ2n) is 10.4. The van der Waals surface area contributed by atoms with Crippen molar-refractivity contribution in [1.82, 2.24) is 10.2 Å². The Labute approximate surface area is 231 Å². The molecule has 1 atom stereocenters. The summed E-state index contributed by atoms with van der Waals surface area (Å²) in [7, 11) is -3.80. The van der Waals surface area contributed by atoms with Gasteiger partial charge in [0.2, 0.25) is 21.8 Å². The van der Waals surface area contributed by atoms with Crippen molar-refractivity contribution in [2.75, 3.05) is 17.1 Å². The van der Waals surface area contributed by atoms with Gasteiger partial charge in [-0.15, -0.1) is 0 Å². The molecule has 204 valence electrons. The van der Waals surface area contributed by atoms with Crippen molar-refractivity contribution in [1.29, 1.82) is 0 Å². The van der Waals surface area contributed by atoms with E-state index >= 15 is 0 Å². The lowest BCUT2D eigenvalue weighted by molar-refractivity contribution is -0.141. The lowest BCUT2D eigenvalue weighted by Gasteiger charge is -2.34. The van der Waals surface area contributed by atoms with Crippen LogP contribution >= 0.6 is 23.2 Å². The van der Waals surface area contributed by atoms with E-state index in [1.165, 1.54) is 4.90 Å². The molecule has 7 nitrogen and oxygen atoms in total. The molecule has 0 bridgehead atoms. The summed E-state index contributed by atoms with van der Waals surface area (Å²) in [5.41, 5.74) is 1.58. The molecule has 2 rings (SSSR count). The Morgan fingerprint density at radius 3 is 2.05 bits per heavy atom. The molecule has 0 aliphatic heterocycles. The van der Waals surface area contributed by atoms with E-state index in [2.05, 4.69) is 5.32 Å². The Kier molecular flexibility index (Phi) is 10.5. The molecule has 0 aromatic heterocycles. The van der Waals surface area contributed by atoms with Gasteiger partial charge in [-0.25, -0.2) is 8.42 Å². The van der Waals surface area contributed by atoms with Gasteiger partial charge in [-0.3, -0.25) is 13.9 Å². The first-order valence-electron chi connectivity index (χ1n) is 12.2. The number of benzene rings is 2. The van der Waals surface area contributed by atoms with Crippen LogP contribution in [0.3, 0.4) is 0 Å². The third-order valence-electron chi connectivity index (χ3n) is 5.75. The van der Waals surface area contributed by atoms with Gasteiger partial charge in [-0.2, -0.15) is 0 Å². The van der Waals surface area contributed by atoms with Crippen molar-refractivity contribution >= 4 is 50.7 Å². The highest BCUT2D eigenvalue weighted by Crippen LogP contribution is 2.26. The van der Waals surface area contributed by atoms with Crippen molar-refractivity contribution in [2.45, 2.75) is 72.0 Å². The van der Waals surface area contributed by atoms with Crippen LogP contribution in [-0.2, 0) is 26.2 Å². The van der Waals surface area contributed by atoms with Crippen molar-refractivity contribution in [3.63, 3.8) is 0 Å². The number of sulfonamides is 1. The van der Waals surface area contributed by atoms with E-state index in [1.54, 1.807) is 37.3 Å². The average Bonchev–Trinajstić information content (AvgIpc) is 2.77. The lowest BCUT2D eigenvalue weighted by atomic mass is 10.0. The number of carbonyl (C=O) groups excluding carboxylic acids is 2. The van der Waals surface area contributed by atoms with Gasteiger partial charge in [0.1, 0.15) is 12.6 Å². The van der Waals surface area contributed by atoms with Gasteiger partial charge in [0.05, 0.1) is 22.0 Å². The van der Waals surface area contributed by atoms with E-state index in [0.29, 0.717) is 27.7 Å². The minimum Gasteiger partial charge on any atom is -0.350 e. The van der Waals surface area contributed by atoms with Crippen LogP contribution in [0.25, 0.3) is 0 Å². The Morgan fingerprint density at radius 2 is 1.59 bits per heavy atom. The quantitative estimate of drug-likeness (QED) is 0.403. The average molecular weight is 571 g/mol. The summed E-state index contributed by atoms with van der Waals surface area (Å²) in [5.74, 6) is -0.563. The van der Waals surface area contributed by atoms with Crippen molar-refractivity contribution in [2.24, 2.45) is 0 Å². The van der Waals surface area contributed by atoms with Crippen LogP contribution in [0.4, 0.5) is 5.69 Å². The summed E-state index contributed by atoms with van der Waals surface area (Å²) < 4.78 is 26.6. The zero-order chi connectivity index (χ0) is 28.1. The first-order chi connectivity index (χ1) is 17.0. The minimum atomic E-state index is -3.80. The van der Waals surface area contributed by atoms with Gasteiger partial charge in [0.25, 0.3) is 0 Å². The van der Waals surface area contributed by atoms with E-state index in [9.17, 15) is 18.0 Å². The Balaban J connectivity index is 2.48. The number of carbonyl (C=O) groups is 2. The van der Waals surface area contributed by atoms with Crippen LogP contribution in [0.1, 0.15) is 65.0 Å². The lowest BCUT2D eigenvalue weighted by Crippen LogP contribution is -2.55. The molecule has 0 saturated carbocycles. The second kappa shape index (κ2) is 12.5. The Morgan fingerprint density at radius 1 is 1.00 bits per heavy atom. The van der Waals surface area contributed by atoms with E-state index in [-0.39, 0.29) is 18.4 Å². The molecule has 1 unspecified atom stereocenters. The molecule has 0 aliphatic carbocycles. The molecule has 0 fully saturated rings. The third kappa shape index (κ3) is 8.90. The molecular formula is C27H37Cl2N3O4S. The van der Waals surface area contributed by atoms with Gasteiger partial charge < -0.3 is 10.2 Å². The molecule has 0 heterocycles. The summed E-state index contributed by atoms with van der Waals surface area (Å²) in [6, 6.07) is 11.2. The van der Waals surface area contributed by atoms with Gasteiger partial charge >= 0.3 is 0 Å². The van der Waals surface area contributed by atoms with Gasteiger partial charge in [0.15, 0.2) is 0 Å². The van der Waals surface area contributed by atoms with Crippen molar-refractivity contribution < 1.29 is 18.0 Å². The first kappa shape index (κ1) is 30.9. The van der Waals surface area contributed by atoms with Gasteiger partial charge in [-0.05, 0) is 68.5 Å². The highest BCUT2D eigenvalue weighted by molar-refractivity contribution is 7.92. The summed E-state index contributed by atoms with van der Waals surface area (Å²) in [4.78, 5) is 28.4. The number of hydrogen-bond donors (Lipinski definition) is 1. The maximum atomic E-state index is 13.8.